The molecule has 0 atom stereocenters. The van der Waals surface area contributed by atoms with Crippen molar-refractivity contribution in [2.75, 3.05) is 4.72 Å². The molecule has 0 unspecified atom stereocenters. The molecule has 3 rings (SSSR count). The summed E-state index contributed by atoms with van der Waals surface area (Å²) in [6, 6.07) is 8.17. The Labute approximate surface area is 136 Å². The number of aromatic nitrogens is 3. The summed E-state index contributed by atoms with van der Waals surface area (Å²) < 4.78 is 29.8. The molecule has 8 heteroatoms. The molecule has 0 saturated carbocycles. The van der Waals surface area contributed by atoms with Crippen LogP contribution in [0.25, 0.3) is 11.0 Å². The quantitative estimate of drug-likeness (QED) is 0.757. The van der Waals surface area contributed by atoms with Gasteiger partial charge >= 0.3 is 0 Å². The highest BCUT2D eigenvalue weighted by Crippen LogP contribution is 2.22. The van der Waals surface area contributed by atoms with Crippen molar-refractivity contribution in [3.05, 3.63) is 46.7 Å². The summed E-state index contributed by atoms with van der Waals surface area (Å²) in [5.74, 6) is 0. The largest absolute Gasteiger partial charge is 0.278 e. The van der Waals surface area contributed by atoms with E-state index < -0.39 is 10.0 Å². The van der Waals surface area contributed by atoms with E-state index in [4.69, 9.17) is 0 Å². The Morgan fingerprint density at radius 1 is 1.23 bits per heavy atom. The summed E-state index contributed by atoms with van der Waals surface area (Å²) >= 11 is 3.28. The smallest absolute Gasteiger partial charge is 0.261 e. The average Bonchev–Trinajstić information content (AvgIpc) is 2.74. The number of aryl methyl sites for hydroxylation is 2. The van der Waals surface area contributed by atoms with E-state index in [1.165, 1.54) is 18.3 Å². The van der Waals surface area contributed by atoms with Gasteiger partial charge in [-0.05, 0) is 37.3 Å². The highest BCUT2D eigenvalue weighted by atomic mass is 79.9. The van der Waals surface area contributed by atoms with Crippen LogP contribution in [0.5, 0.6) is 0 Å². The minimum absolute atomic E-state index is 0.193. The first-order valence-electron chi connectivity index (χ1n) is 6.44. The van der Waals surface area contributed by atoms with Crippen LogP contribution >= 0.6 is 15.9 Å². The summed E-state index contributed by atoms with van der Waals surface area (Å²) in [5.41, 5.74) is 1.92. The highest BCUT2D eigenvalue weighted by molar-refractivity contribution is 9.10. The molecule has 0 fully saturated rings. The number of halogens is 1. The standard InChI is InChI=1S/C14H13BrN4O2S/c1-9-13-7-11(8-16-14(13)19(2)17-9)18-22(20,21)12-5-3-10(15)4-6-12/h3-8,18H,1-2H3. The zero-order valence-electron chi connectivity index (χ0n) is 11.9. The van der Waals surface area contributed by atoms with Gasteiger partial charge in [-0.2, -0.15) is 5.10 Å². The molecular formula is C14H13BrN4O2S. The van der Waals surface area contributed by atoms with E-state index in [-0.39, 0.29) is 4.90 Å². The first kappa shape index (κ1) is 15.0. The van der Waals surface area contributed by atoms with Gasteiger partial charge in [0.1, 0.15) is 0 Å². The first-order chi connectivity index (χ1) is 10.4. The van der Waals surface area contributed by atoms with Crippen molar-refractivity contribution in [2.45, 2.75) is 11.8 Å². The minimum Gasteiger partial charge on any atom is -0.278 e. The number of sulfonamides is 1. The predicted octanol–water partition coefficient (Wildman–Crippen LogP) is 2.84. The number of nitrogens with one attached hydrogen (secondary N) is 1. The summed E-state index contributed by atoms with van der Waals surface area (Å²) in [6.07, 6.45) is 1.49. The minimum atomic E-state index is -3.64. The Morgan fingerprint density at radius 3 is 2.59 bits per heavy atom. The second kappa shape index (κ2) is 5.36. The molecule has 0 aliphatic rings. The number of pyridine rings is 1. The van der Waals surface area contributed by atoms with Gasteiger partial charge in [-0.1, -0.05) is 15.9 Å². The Kier molecular flexibility index (Phi) is 3.65. The zero-order valence-corrected chi connectivity index (χ0v) is 14.3. The Morgan fingerprint density at radius 2 is 1.91 bits per heavy atom. The van der Waals surface area contributed by atoms with E-state index in [0.29, 0.717) is 11.3 Å². The Hall–Kier alpha value is -1.93. The summed E-state index contributed by atoms with van der Waals surface area (Å²) in [7, 11) is -1.84. The Balaban J connectivity index is 1.98. The van der Waals surface area contributed by atoms with E-state index >= 15 is 0 Å². The monoisotopic (exact) mass is 380 g/mol. The van der Waals surface area contributed by atoms with Gasteiger partial charge in [0.25, 0.3) is 10.0 Å². The maximum atomic E-state index is 12.4. The van der Waals surface area contributed by atoms with Gasteiger partial charge in [-0.3, -0.25) is 9.40 Å². The number of rotatable bonds is 3. The molecule has 0 bridgehead atoms. The van der Waals surface area contributed by atoms with Crippen molar-refractivity contribution in [3.63, 3.8) is 0 Å². The number of benzene rings is 1. The van der Waals surface area contributed by atoms with E-state index in [1.807, 2.05) is 6.92 Å². The highest BCUT2D eigenvalue weighted by Gasteiger charge is 2.15. The lowest BCUT2D eigenvalue weighted by atomic mass is 10.3. The Bertz CT molecular complexity index is 949. The zero-order chi connectivity index (χ0) is 15.9. The van der Waals surface area contributed by atoms with Gasteiger partial charge < -0.3 is 0 Å². The molecule has 1 N–H and O–H groups in total. The SMILES string of the molecule is Cc1nn(C)c2ncc(NS(=O)(=O)c3ccc(Br)cc3)cc12. The van der Waals surface area contributed by atoms with Crippen molar-refractivity contribution in [2.24, 2.45) is 7.05 Å². The maximum Gasteiger partial charge on any atom is 0.261 e. The maximum absolute atomic E-state index is 12.4. The fourth-order valence-corrected chi connectivity index (χ4v) is 3.49. The fourth-order valence-electron chi connectivity index (χ4n) is 2.19. The van der Waals surface area contributed by atoms with Crippen molar-refractivity contribution in [3.8, 4) is 0 Å². The van der Waals surface area contributed by atoms with Crippen LogP contribution in [-0.4, -0.2) is 23.2 Å². The number of hydrogen-bond acceptors (Lipinski definition) is 4. The summed E-state index contributed by atoms with van der Waals surface area (Å²) in [5, 5.41) is 5.09. The molecule has 2 heterocycles. The molecule has 0 radical (unpaired) electrons. The van der Waals surface area contributed by atoms with E-state index in [0.717, 1.165) is 15.6 Å². The van der Waals surface area contributed by atoms with Crippen LogP contribution in [0, 0.1) is 6.92 Å². The normalized spacial score (nSPS) is 11.8. The number of fused-ring (bicyclic) bond motifs is 1. The fraction of sp³-hybridized carbons (Fsp3) is 0.143. The van der Waals surface area contributed by atoms with Crippen molar-refractivity contribution < 1.29 is 8.42 Å². The number of anilines is 1. The molecule has 0 spiro atoms. The van der Waals surface area contributed by atoms with E-state index in [9.17, 15) is 8.42 Å². The lowest BCUT2D eigenvalue weighted by Crippen LogP contribution is -2.13. The van der Waals surface area contributed by atoms with Crippen LogP contribution in [-0.2, 0) is 17.1 Å². The molecule has 1 aromatic carbocycles. The van der Waals surface area contributed by atoms with Crippen LogP contribution in [0.3, 0.4) is 0 Å². The lowest BCUT2D eigenvalue weighted by Gasteiger charge is -2.08. The molecule has 0 saturated heterocycles. The number of hydrogen-bond donors (Lipinski definition) is 1. The van der Waals surface area contributed by atoms with Gasteiger partial charge in [-0.15, -0.1) is 0 Å². The molecule has 22 heavy (non-hydrogen) atoms. The van der Waals surface area contributed by atoms with Gasteiger partial charge in [0.2, 0.25) is 0 Å². The van der Waals surface area contributed by atoms with Crippen LogP contribution in [0.2, 0.25) is 0 Å². The third-order valence-corrected chi connectivity index (χ3v) is 5.16. The molecule has 0 aliphatic carbocycles. The van der Waals surface area contributed by atoms with Crippen molar-refractivity contribution in [1.82, 2.24) is 14.8 Å². The van der Waals surface area contributed by atoms with Crippen LogP contribution < -0.4 is 4.72 Å². The van der Waals surface area contributed by atoms with Crippen LogP contribution in [0.1, 0.15) is 5.69 Å². The summed E-state index contributed by atoms with van der Waals surface area (Å²) in [6.45, 7) is 1.86. The van der Waals surface area contributed by atoms with Gasteiger partial charge in [0.05, 0.1) is 22.5 Å². The summed E-state index contributed by atoms with van der Waals surface area (Å²) in [4.78, 5) is 4.45. The van der Waals surface area contributed by atoms with Gasteiger partial charge in [0, 0.05) is 16.9 Å². The third-order valence-electron chi connectivity index (χ3n) is 3.24. The van der Waals surface area contributed by atoms with E-state index in [2.05, 4.69) is 30.7 Å². The predicted molar refractivity (Wildman–Crippen MR) is 88.2 cm³/mol. The molecule has 0 aliphatic heterocycles. The molecule has 3 aromatic rings. The first-order valence-corrected chi connectivity index (χ1v) is 8.72. The second-order valence-electron chi connectivity index (χ2n) is 4.86. The molecule has 0 amide bonds. The third kappa shape index (κ3) is 2.71. The second-order valence-corrected chi connectivity index (χ2v) is 7.46. The molecule has 2 aromatic heterocycles. The van der Waals surface area contributed by atoms with Crippen molar-refractivity contribution in [1.29, 1.82) is 0 Å². The number of nitrogens with zero attached hydrogens (tertiary/aromatic N) is 3. The van der Waals surface area contributed by atoms with Gasteiger partial charge in [-0.25, -0.2) is 13.4 Å². The average molecular weight is 381 g/mol. The van der Waals surface area contributed by atoms with Gasteiger partial charge in [0.15, 0.2) is 5.65 Å². The van der Waals surface area contributed by atoms with E-state index in [1.54, 1.807) is 29.9 Å². The van der Waals surface area contributed by atoms with Crippen LogP contribution in [0.4, 0.5) is 5.69 Å². The van der Waals surface area contributed by atoms with Crippen LogP contribution in [0.15, 0.2) is 45.9 Å². The molecule has 6 nitrogen and oxygen atoms in total. The molecular weight excluding hydrogens is 368 g/mol. The topological polar surface area (TPSA) is 76.9 Å². The van der Waals surface area contributed by atoms with Crippen molar-refractivity contribution >= 4 is 42.7 Å². The molecule has 114 valence electrons. The lowest BCUT2D eigenvalue weighted by molar-refractivity contribution is 0.601.